The minimum absolute atomic E-state index is 0.139. The maximum Gasteiger partial charge on any atom is 0.338 e. The molecule has 10 heteroatoms. The van der Waals surface area contributed by atoms with Gasteiger partial charge in [-0.15, -0.1) is 6.58 Å². The molecule has 1 aliphatic rings. The summed E-state index contributed by atoms with van der Waals surface area (Å²) in [6.45, 7) is 5.34. The van der Waals surface area contributed by atoms with Crippen molar-refractivity contribution >= 4 is 5.97 Å². The molecule has 2 rings (SSSR count). The molecule has 10 nitrogen and oxygen atoms in total. The van der Waals surface area contributed by atoms with Crippen LogP contribution in [0.15, 0.2) is 53.2 Å². The van der Waals surface area contributed by atoms with Crippen LogP contribution >= 0.6 is 0 Å². The van der Waals surface area contributed by atoms with Crippen molar-refractivity contribution < 1.29 is 19.0 Å². The number of ether oxygens (including phenoxy) is 3. The lowest BCUT2D eigenvalue weighted by molar-refractivity contribution is -0.222. The van der Waals surface area contributed by atoms with Gasteiger partial charge in [-0.05, 0) is 30.1 Å². The summed E-state index contributed by atoms with van der Waals surface area (Å²) in [7, 11) is 0. The average molecular weight is 358 g/mol. The zero-order valence-corrected chi connectivity index (χ0v) is 14.1. The fraction of sp³-hybridized carbons (Fsp3) is 0.438. The molecule has 1 aromatic rings. The van der Waals surface area contributed by atoms with Gasteiger partial charge in [-0.1, -0.05) is 34.5 Å². The molecule has 0 unspecified atom stereocenters. The number of carbonyl (C=O) groups is 1. The Morgan fingerprint density at radius 2 is 1.92 bits per heavy atom. The normalized spacial score (nSPS) is 27.5. The number of carbonyl (C=O) groups excluding carboxylic acids is 1. The van der Waals surface area contributed by atoms with Crippen LogP contribution in [0.4, 0.5) is 0 Å². The number of nitrogens with zero attached hydrogens (tertiary/aromatic N) is 6. The predicted molar refractivity (Wildman–Crippen MR) is 92.0 cm³/mol. The molecule has 26 heavy (non-hydrogen) atoms. The van der Waals surface area contributed by atoms with E-state index in [-0.39, 0.29) is 6.61 Å². The summed E-state index contributed by atoms with van der Waals surface area (Å²) >= 11 is 0. The van der Waals surface area contributed by atoms with E-state index in [0.29, 0.717) is 5.56 Å². The molecule has 1 heterocycles. The van der Waals surface area contributed by atoms with Gasteiger partial charge in [0.2, 0.25) is 0 Å². The lowest BCUT2D eigenvalue weighted by Gasteiger charge is -2.41. The lowest BCUT2D eigenvalue weighted by atomic mass is 9.96. The van der Waals surface area contributed by atoms with E-state index in [2.05, 4.69) is 26.6 Å². The van der Waals surface area contributed by atoms with E-state index in [4.69, 9.17) is 25.3 Å². The van der Waals surface area contributed by atoms with E-state index in [1.54, 1.807) is 37.3 Å². The van der Waals surface area contributed by atoms with Gasteiger partial charge >= 0.3 is 5.97 Å². The predicted octanol–water partition coefficient (Wildman–Crippen LogP) is 3.52. The van der Waals surface area contributed by atoms with Crippen LogP contribution in [0, 0.1) is 0 Å². The largest absolute Gasteiger partial charge is 0.458 e. The Bertz CT molecular complexity index is 730. The molecule has 0 N–H and O–H groups in total. The highest BCUT2D eigenvalue weighted by atomic mass is 16.7. The van der Waals surface area contributed by atoms with Crippen molar-refractivity contribution in [1.29, 1.82) is 0 Å². The summed E-state index contributed by atoms with van der Waals surface area (Å²) < 4.78 is 16.7. The molecular weight excluding hydrogens is 340 g/mol. The third-order valence-corrected chi connectivity index (χ3v) is 3.78. The van der Waals surface area contributed by atoms with Crippen LogP contribution < -0.4 is 0 Å². The van der Waals surface area contributed by atoms with E-state index in [9.17, 15) is 4.79 Å². The highest BCUT2D eigenvalue weighted by Gasteiger charge is 2.46. The summed E-state index contributed by atoms with van der Waals surface area (Å²) in [4.78, 5) is 18.0. The van der Waals surface area contributed by atoms with Crippen LogP contribution in [0.2, 0.25) is 0 Å². The molecule has 0 spiro atoms. The molecule has 1 aliphatic heterocycles. The molecule has 0 saturated carbocycles. The minimum Gasteiger partial charge on any atom is -0.458 e. The van der Waals surface area contributed by atoms with E-state index >= 15 is 0 Å². The van der Waals surface area contributed by atoms with Gasteiger partial charge in [0.1, 0.15) is 18.2 Å². The van der Waals surface area contributed by atoms with Gasteiger partial charge in [0, 0.05) is 9.82 Å². The molecular formula is C16H18N6O4. The molecule has 0 aromatic heterocycles. The summed E-state index contributed by atoms with van der Waals surface area (Å²) in [5, 5.41) is 7.31. The Hall–Kier alpha value is -3.03. The van der Waals surface area contributed by atoms with E-state index in [0.717, 1.165) is 0 Å². The number of esters is 1. The second kappa shape index (κ2) is 9.45. The number of rotatable bonds is 7. The van der Waals surface area contributed by atoms with Gasteiger partial charge in [0.05, 0.1) is 18.3 Å². The first kappa shape index (κ1) is 19.3. The summed E-state index contributed by atoms with van der Waals surface area (Å²) in [5.74, 6) is -0.636. The maximum atomic E-state index is 12.5. The van der Waals surface area contributed by atoms with Gasteiger partial charge in [0.25, 0.3) is 0 Å². The SMILES string of the molecule is C=CCO[C@@H]1O[C@@H](C)[C@H](N=[N+]=[N-])[C@@H](OC(=O)c2ccccc2)[C@H]1N=[N+]=[N-]. The quantitative estimate of drug-likeness (QED) is 0.241. The molecule has 136 valence electrons. The monoisotopic (exact) mass is 358 g/mol. The van der Waals surface area contributed by atoms with Crippen molar-refractivity contribution in [2.75, 3.05) is 6.61 Å². The van der Waals surface area contributed by atoms with Crippen LogP contribution in [0.25, 0.3) is 20.9 Å². The zero-order chi connectivity index (χ0) is 18.9. The van der Waals surface area contributed by atoms with Crippen LogP contribution in [-0.2, 0) is 14.2 Å². The van der Waals surface area contributed by atoms with Crippen molar-refractivity contribution in [3.8, 4) is 0 Å². The van der Waals surface area contributed by atoms with Crippen LogP contribution in [0.5, 0.6) is 0 Å². The number of hydrogen-bond donors (Lipinski definition) is 0. The second-order valence-corrected chi connectivity index (χ2v) is 5.46. The molecule has 1 saturated heterocycles. The Morgan fingerprint density at radius 1 is 1.27 bits per heavy atom. The Labute approximate surface area is 149 Å². The zero-order valence-electron chi connectivity index (χ0n) is 14.1. The molecule has 1 aromatic carbocycles. The lowest BCUT2D eigenvalue weighted by Crippen LogP contribution is -2.57. The highest BCUT2D eigenvalue weighted by Crippen LogP contribution is 2.29. The van der Waals surface area contributed by atoms with Gasteiger partial charge in [-0.2, -0.15) is 0 Å². The second-order valence-electron chi connectivity index (χ2n) is 5.46. The van der Waals surface area contributed by atoms with Crippen molar-refractivity contribution in [2.24, 2.45) is 10.2 Å². The first-order valence-corrected chi connectivity index (χ1v) is 7.84. The highest BCUT2D eigenvalue weighted by molar-refractivity contribution is 5.89. The van der Waals surface area contributed by atoms with E-state index in [1.807, 2.05) is 0 Å². The summed E-state index contributed by atoms with van der Waals surface area (Å²) in [5.41, 5.74) is 18.1. The van der Waals surface area contributed by atoms with Crippen LogP contribution in [-0.4, -0.2) is 43.2 Å². The minimum atomic E-state index is -1.05. The first-order chi connectivity index (χ1) is 12.6. The molecule has 0 bridgehead atoms. The van der Waals surface area contributed by atoms with Gasteiger partial charge in [-0.3, -0.25) is 0 Å². The smallest absolute Gasteiger partial charge is 0.338 e. The van der Waals surface area contributed by atoms with Crippen molar-refractivity contribution in [3.05, 3.63) is 69.4 Å². The Morgan fingerprint density at radius 3 is 2.54 bits per heavy atom. The van der Waals surface area contributed by atoms with Crippen molar-refractivity contribution in [2.45, 2.75) is 37.5 Å². The molecule has 0 amide bonds. The average Bonchev–Trinajstić information content (AvgIpc) is 2.66. The first-order valence-electron chi connectivity index (χ1n) is 7.84. The van der Waals surface area contributed by atoms with Crippen molar-refractivity contribution in [1.82, 2.24) is 0 Å². The standard InChI is InChI=1S/C16H18N6O4/c1-3-9-24-16-13(20-22-18)14(12(19-21-17)10(2)25-16)26-15(23)11-7-5-4-6-8-11/h3-8,10,12-14,16H,1,9H2,2H3/t10-,12-,13+,14+,16+/m0/s1. The molecule has 0 radical (unpaired) electrons. The number of hydrogen-bond acceptors (Lipinski definition) is 6. The molecule has 0 aliphatic carbocycles. The summed E-state index contributed by atoms with van der Waals surface area (Å²) in [6.07, 6.45) is -1.14. The van der Waals surface area contributed by atoms with Gasteiger partial charge in [0.15, 0.2) is 6.29 Å². The molecule has 5 atom stereocenters. The number of azide groups is 2. The van der Waals surface area contributed by atoms with Crippen LogP contribution in [0.1, 0.15) is 17.3 Å². The third kappa shape index (κ3) is 4.53. The maximum absolute atomic E-state index is 12.5. The topological polar surface area (TPSA) is 142 Å². The Kier molecular flexibility index (Phi) is 7.02. The van der Waals surface area contributed by atoms with E-state index < -0.39 is 36.6 Å². The van der Waals surface area contributed by atoms with Gasteiger partial charge in [-0.25, -0.2) is 4.79 Å². The Balaban J connectivity index is 2.34. The fourth-order valence-corrected chi connectivity index (χ4v) is 2.60. The van der Waals surface area contributed by atoms with Gasteiger partial charge < -0.3 is 14.2 Å². The number of benzene rings is 1. The summed E-state index contributed by atoms with van der Waals surface area (Å²) in [6, 6.07) is 6.40. The van der Waals surface area contributed by atoms with E-state index in [1.165, 1.54) is 6.08 Å². The van der Waals surface area contributed by atoms with Crippen LogP contribution in [0.3, 0.4) is 0 Å². The fourth-order valence-electron chi connectivity index (χ4n) is 2.60. The van der Waals surface area contributed by atoms with Crippen molar-refractivity contribution in [3.63, 3.8) is 0 Å². The third-order valence-electron chi connectivity index (χ3n) is 3.78. The molecule has 1 fully saturated rings.